The van der Waals surface area contributed by atoms with E-state index in [0.29, 0.717) is 29.4 Å². The van der Waals surface area contributed by atoms with Gasteiger partial charge in [-0.05, 0) is 37.3 Å². The molecule has 0 fully saturated rings. The van der Waals surface area contributed by atoms with E-state index < -0.39 is 5.91 Å². The zero-order valence-corrected chi connectivity index (χ0v) is 13.9. The Morgan fingerprint density at radius 2 is 2.00 bits per heavy atom. The van der Waals surface area contributed by atoms with Crippen molar-refractivity contribution in [1.82, 2.24) is 10.2 Å². The van der Waals surface area contributed by atoms with Gasteiger partial charge in [-0.25, -0.2) is 0 Å². The molecular formula is C18H17N3O4. The second kappa shape index (κ2) is 7.48. The van der Waals surface area contributed by atoms with Gasteiger partial charge in [-0.2, -0.15) is 0 Å². The van der Waals surface area contributed by atoms with E-state index in [1.54, 1.807) is 49.6 Å². The first kappa shape index (κ1) is 16.5. The first-order chi connectivity index (χ1) is 12.2. The number of amides is 1. The number of hydrogen-bond acceptors (Lipinski definition) is 6. The van der Waals surface area contributed by atoms with Crippen molar-refractivity contribution in [3.8, 4) is 23.0 Å². The van der Waals surface area contributed by atoms with Gasteiger partial charge < -0.3 is 19.2 Å². The zero-order chi connectivity index (χ0) is 17.6. The molecule has 3 aromatic rings. The molecule has 0 aliphatic heterocycles. The van der Waals surface area contributed by atoms with Gasteiger partial charge in [-0.3, -0.25) is 4.79 Å². The Balaban J connectivity index is 1.79. The first-order valence-electron chi connectivity index (χ1n) is 7.72. The van der Waals surface area contributed by atoms with Gasteiger partial charge in [-0.1, -0.05) is 18.2 Å². The van der Waals surface area contributed by atoms with E-state index in [0.717, 1.165) is 0 Å². The molecule has 3 rings (SSSR count). The Hall–Kier alpha value is -3.35. The summed E-state index contributed by atoms with van der Waals surface area (Å²) in [6, 6.07) is 14.3. The third kappa shape index (κ3) is 3.77. The number of carbonyl (C=O) groups excluding carboxylic acids is 1. The topological polar surface area (TPSA) is 86.5 Å². The second-order valence-corrected chi connectivity index (χ2v) is 5.03. The number of methoxy groups -OCH3 is 1. The molecule has 0 atom stereocenters. The summed E-state index contributed by atoms with van der Waals surface area (Å²) in [6.07, 6.45) is 0. The fraction of sp³-hybridized carbons (Fsp3) is 0.167. The third-order valence-electron chi connectivity index (χ3n) is 3.37. The smallest absolute Gasteiger partial charge is 0.313 e. The van der Waals surface area contributed by atoms with Crippen molar-refractivity contribution in [1.29, 1.82) is 0 Å². The zero-order valence-electron chi connectivity index (χ0n) is 13.9. The molecule has 1 amide bonds. The van der Waals surface area contributed by atoms with Gasteiger partial charge in [0.2, 0.25) is 5.89 Å². The van der Waals surface area contributed by atoms with Crippen molar-refractivity contribution >= 4 is 11.6 Å². The van der Waals surface area contributed by atoms with Gasteiger partial charge >= 0.3 is 11.8 Å². The molecule has 0 aliphatic carbocycles. The second-order valence-electron chi connectivity index (χ2n) is 5.03. The molecule has 7 heteroatoms. The molecule has 128 valence electrons. The van der Waals surface area contributed by atoms with E-state index in [1.165, 1.54) is 0 Å². The van der Waals surface area contributed by atoms with Crippen molar-refractivity contribution in [2.45, 2.75) is 6.92 Å². The monoisotopic (exact) mass is 339 g/mol. The van der Waals surface area contributed by atoms with Crippen molar-refractivity contribution in [2.24, 2.45) is 0 Å². The number of para-hydroxylation sites is 2. The lowest BCUT2D eigenvalue weighted by Gasteiger charge is -2.09. The van der Waals surface area contributed by atoms with E-state index in [1.807, 2.05) is 13.0 Å². The maximum Gasteiger partial charge on any atom is 0.313 e. The molecule has 1 aromatic heterocycles. The molecule has 0 saturated heterocycles. The highest BCUT2D eigenvalue weighted by Crippen LogP contribution is 2.25. The van der Waals surface area contributed by atoms with Crippen LogP contribution in [0.2, 0.25) is 0 Å². The molecule has 7 nitrogen and oxygen atoms in total. The summed E-state index contributed by atoms with van der Waals surface area (Å²) in [5.74, 6) is 0.832. The summed E-state index contributed by atoms with van der Waals surface area (Å²) in [7, 11) is 1.57. The lowest BCUT2D eigenvalue weighted by molar-refractivity contribution is 0.0990. The van der Waals surface area contributed by atoms with E-state index in [9.17, 15) is 4.79 Å². The first-order valence-corrected chi connectivity index (χ1v) is 7.72. The highest BCUT2D eigenvalue weighted by atomic mass is 16.5. The summed E-state index contributed by atoms with van der Waals surface area (Å²) in [5.41, 5.74) is 1.20. The fourth-order valence-electron chi connectivity index (χ4n) is 2.21. The molecule has 2 aromatic carbocycles. The Kier molecular flexibility index (Phi) is 4.94. The van der Waals surface area contributed by atoms with Gasteiger partial charge in [0.1, 0.15) is 11.5 Å². The summed E-state index contributed by atoms with van der Waals surface area (Å²) >= 11 is 0. The number of aromatic nitrogens is 2. The fourth-order valence-corrected chi connectivity index (χ4v) is 2.21. The van der Waals surface area contributed by atoms with Crippen LogP contribution in [-0.4, -0.2) is 29.8 Å². The van der Waals surface area contributed by atoms with Crippen LogP contribution >= 0.6 is 0 Å². The normalized spacial score (nSPS) is 10.3. The SMILES string of the molecule is CCOc1ccccc1NC(=O)c1nnc(-c2cccc(OC)c2)o1. The van der Waals surface area contributed by atoms with Crippen LogP contribution in [0.5, 0.6) is 11.5 Å². The number of benzene rings is 2. The Labute approximate surface area is 144 Å². The van der Waals surface area contributed by atoms with Crippen LogP contribution in [-0.2, 0) is 0 Å². The quantitative estimate of drug-likeness (QED) is 0.741. The van der Waals surface area contributed by atoms with Gasteiger partial charge in [0, 0.05) is 5.56 Å². The lowest BCUT2D eigenvalue weighted by atomic mass is 10.2. The van der Waals surface area contributed by atoms with Crippen LogP contribution in [0, 0.1) is 0 Å². The van der Waals surface area contributed by atoms with Crippen LogP contribution < -0.4 is 14.8 Å². The number of carbonyl (C=O) groups is 1. The number of ether oxygens (including phenoxy) is 2. The summed E-state index contributed by atoms with van der Waals surface area (Å²) in [4.78, 5) is 12.4. The summed E-state index contributed by atoms with van der Waals surface area (Å²) in [6.45, 7) is 2.37. The molecule has 1 heterocycles. The number of nitrogens with zero attached hydrogens (tertiary/aromatic N) is 2. The predicted molar refractivity (Wildman–Crippen MR) is 91.9 cm³/mol. The highest BCUT2D eigenvalue weighted by molar-refractivity contribution is 6.01. The average molecular weight is 339 g/mol. The minimum Gasteiger partial charge on any atom is -0.497 e. The number of nitrogens with one attached hydrogen (secondary N) is 1. The molecule has 0 spiro atoms. The predicted octanol–water partition coefficient (Wildman–Crippen LogP) is 3.40. The van der Waals surface area contributed by atoms with Gasteiger partial charge in [0.15, 0.2) is 0 Å². The highest BCUT2D eigenvalue weighted by Gasteiger charge is 2.17. The molecular weight excluding hydrogens is 322 g/mol. The maximum absolute atomic E-state index is 12.4. The minimum absolute atomic E-state index is 0.135. The molecule has 0 radical (unpaired) electrons. The molecule has 0 bridgehead atoms. The summed E-state index contributed by atoms with van der Waals surface area (Å²) in [5, 5.41) is 10.4. The van der Waals surface area contributed by atoms with Gasteiger partial charge in [0.25, 0.3) is 0 Å². The number of rotatable bonds is 6. The van der Waals surface area contributed by atoms with Crippen LogP contribution in [0.3, 0.4) is 0 Å². The van der Waals surface area contributed by atoms with Crippen LogP contribution in [0.1, 0.15) is 17.6 Å². The largest absolute Gasteiger partial charge is 0.497 e. The van der Waals surface area contributed by atoms with Crippen molar-refractivity contribution < 1.29 is 18.7 Å². The standard InChI is InChI=1S/C18H17N3O4/c1-3-24-15-10-5-4-9-14(15)19-16(22)18-21-20-17(25-18)12-7-6-8-13(11-12)23-2/h4-11H,3H2,1-2H3,(H,19,22). The molecule has 1 N–H and O–H groups in total. The average Bonchev–Trinajstić information content (AvgIpc) is 3.14. The third-order valence-corrected chi connectivity index (χ3v) is 3.37. The number of hydrogen-bond donors (Lipinski definition) is 1. The minimum atomic E-state index is -0.506. The van der Waals surface area contributed by atoms with Crippen molar-refractivity contribution in [3.63, 3.8) is 0 Å². The van der Waals surface area contributed by atoms with E-state index in [2.05, 4.69) is 15.5 Å². The maximum atomic E-state index is 12.4. The van der Waals surface area contributed by atoms with Crippen LogP contribution in [0.15, 0.2) is 52.9 Å². The Morgan fingerprint density at radius 1 is 1.16 bits per heavy atom. The van der Waals surface area contributed by atoms with Gasteiger partial charge in [0.05, 0.1) is 19.4 Å². The molecule has 25 heavy (non-hydrogen) atoms. The molecule has 0 saturated carbocycles. The molecule has 0 unspecified atom stereocenters. The van der Waals surface area contributed by atoms with E-state index in [-0.39, 0.29) is 11.8 Å². The van der Waals surface area contributed by atoms with Crippen LogP contribution in [0.4, 0.5) is 5.69 Å². The molecule has 0 aliphatic rings. The number of anilines is 1. The van der Waals surface area contributed by atoms with Gasteiger partial charge in [-0.15, -0.1) is 10.2 Å². The van der Waals surface area contributed by atoms with Crippen molar-refractivity contribution in [3.05, 3.63) is 54.4 Å². The van der Waals surface area contributed by atoms with E-state index in [4.69, 9.17) is 13.9 Å². The van der Waals surface area contributed by atoms with Crippen LogP contribution in [0.25, 0.3) is 11.5 Å². The lowest BCUT2D eigenvalue weighted by Crippen LogP contribution is -2.13. The Bertz CT molecular complexity index is 876. The van der Waals surface area contributed by atoms with E-state index >= 15 is 0 Å². The summed E-state index contributed by atoms with van der Waals surface area (Å²) < 4.78 is 16.1. The van der Waals surface area contributed by atoms with Crippen molar-refractivity contribution in [2.75, 3.05) is 19.0 Å². The Morgan fingerprint density at radius 3 is 2.80 bits per heavy atom.